The Balaban J connectivity index is 1.51. The molecule has 0 aliphatic heterocycles. The van der Waals surface area contributed by atoms with Gasteiger partial charge < -0.3 is 10.4 Å². The van der Waals surface area contributed by atoms with E-state index in [4.69, 9.17) is 0 Å². The predicted molar refractivity (Wildman–Crippen MR) is 132 cm³/mol. The van der Waals surface area contributed by atoms with Gasteiger partial charge in [-0.05, 0) is 48.7 Å². The number of carbonyl (C=O) groups excluding carboxylic acids is 1. The van der Waals surface area contributed by atoms with Gasteiger partial charge in [-0.3, -0.25) is 9.59 Å². The van der Waals surface area contributed by atoms with Gasteiger partial charge in [-0.2, -0.15) is 13.2 Å². The molecule has 1 heterocycles. The van der Waals surface area contributed by atoms with Crippen molar-refractivity contribution in [3.8, 4) is 0 Å². The van der Waals surface area contributed by atoms with Gasteiger partial charge in [0.15, 0.2) is 10.9 Å². The molecule has 10 heteroatoms. The number of carboxylic acids is 1. The third kappa shape index (κ3) is 4.90. The van der Waals surface area contributed by atoms with Crippen molar-refractivity contribution < 1.29 is 32.3 Å². The monoisotopic (exact) mass is 530 g/mol. The van der Waals surface area contributed by atoms with E-state index < -0.39 is 40.9 Å². The zero-order valence-corrected chi connectivity index (χ0v) is 20.2. The van der Waals surface area contributed by atoms with Crippen molar-refractivity contribution in [2.24, 2.45) is 11.8 Å². The van der Waals surface area contributed by atoms with E-state index in [0.717, 1.165) is 23.5 Å². The van der Waals surface area contributed by atoms with Crippen LogP contribution in [0, 0.1) is 17.7 Å². The number of ketones is 1. The molecule has 37 heavy (non-hydrogen) atoms. The molecule has 5 rings (SSSR count). The van der Waals surface area contributed by atoms with E-state index in [9.17, 15) is 32.3 Å². The van der Waals surface area contributed by atoms with E-state index in [1.807, 2.05) is 0 Å². The zero-order valence-electron chi connectivity index (χ0n) is 19.3. The van der Waals surface area contributed by atoms with Gasteiger partial charge in [-0.1, -0.05) is 54.2 Å². The third-order valence-electron chi connectivity index (χ3n) is 6.97. The molecule has 1 aromatic heterocycles. The molecular formula is C27H22F4N2O3S. The smallest absolute Gasteiger partial charge is 0.416 e. The van der Waals surface area contributed by atoms with Gasteiger partial charge in [-0.25, -0.2) is 9.37 Å². The Hall–Kier alpha value is -3.53. The number of anilines is 1. The highest BCUT2D eigenvalue weighted by molar-refractivity contribution is 7.22. The van der Waals surface area contributed by atoms with Crippen LogP contribution in [0.5, 0.6) is 0 Å². The highest BCUT2D eigenvalue weighted by atomic mass is 32.1. The molecule has 2 aliphatic rings. The van der Waals surface area contributed by atoms with E-state index in [1.165, 1.54) is 18.2 Å². The number of allylic oxidation sites excluding steroid dienone is 2. The van der Waals surface area contributed by atoms with Crippen LogP contribution in [-0.2, 0) is 15.8 Å². The molecule has 5 nitrogen and oxygen atoms in total. The number of alkyl halides is 3. The molecule has 0 spiro atoms. The van der Waals surface area contributed by atoms with Gasteiger partial charge in [0.1, 0.15) is 11.4 Å². The van der Waals surface area contributed by atoms with Gasteiger partial charge in [0.2, 0.25) is 0 Å². The van der Waals surface area contributed by atoms with Crippen molar-refractivity contribution >= 4 is 38.4 Å². The molecule has 2 N–H and O–H groups in total. The van der Waals surface area contributed by atoms with Crippen LogP contribution in [0.1, 0.15) is 36.3 Å². The van der Waals surface area contributed by atoms with Crippen LogP contribution in [-0.4, -0.2) is 27.4 Å². The first-order valence-electron chi connectivity index (χ1n) is 11.7. The number of nitrogens with one attached hydrogen (secondary N) is 1. The number of nitrogens with zero attached hydrogens (tertiary/aromatic N) is 1. The van der Waals surface area contributed by atoms with E-state index in [0.29, 0.717) is 29.5 Å². The molecular weight excluding hydrogens is 508 g/mol. The summed E-state index contributed by atoms with van der Waals surface area (Å²) in [5, 5.41) is 13.0. The fraction of sp³-hybridized carbons (Fsp3) is 0.296. The van der Waals surface area contributed by atoms with E-state index in [1.54, 1.807) is 36.4 Å². The van der Waals surface area contributed by atoms with Crippen LogP contribution in [0.15, 0.2) is 66.8 Å². The molecule has 0 saturated heterocycles. The molecule has 1 saturated carbocycles. The average Bonchev–Trinajstić information content (AvgIpc) is 3.50. The number of benzene rings is 2. The standard InChI is InChI=1S/C27H22F4N2O3S/c28-18-4-1-3-16(13-18)15-9-11-26(12-10-15,23(34)19-5-2-6-20(19)24(35)36)33-25-32-21-14-17(27(29,30)31)7-8-22(21)37-25/h1,3-4,7-15,19-20H,2,5-6H2,(H,32,33)(H,35,36)/t15?,19-,20-,26?/m1/s1. The summed E-state index contributed by atoms with van der Waals surface area (Å²) in [7, 11) is 0. The second-order valence-corrected chi connectivity index (χ2v) is 10.4. The maximum atomic E-state index is 13.9. The van der Waals surface area contributed by atoms with Gasteiger partial charge in [0.05, 0.1) is 21.7 Å². The summed E-state index contributed by atoms with van der Waals surface area (Å²) >= 11 is 1.10. The summed E-state index contributed by atoms with van der Waals surface area (Å²) in [6.07, 6.45) is 3.61. The molecule has 1 fully saturated rings. The molecule has 2 aromatic carbocycles. The number of Topliss-reactive ketones (excluding diaryl/α,β-unsaturated/α-hetero) is 1. The van der Waals surface area contributed by atoms with E-state index >= 15 is 0 Å². The Morgan fingerprint density at radius 1 is 1.05 bits per heavy atom. The molecule has 2 atom stereocenters. The number of hydrogen-bond acceptors (Lipinski definition) is 5. The van der Waals surface area contributed by atoms with Crippen molar-refractivity contribution in [1.82, 2.24) is 4.98 Å². The van der Waals surface area contributed by atoms with Crippen LogP contribution in [0.4, 0.5) is 22.7 Å². The van der Waals surface area contributed by atoms with Crippen LogP contribution in [0.3, 0.4) is 0 Å². The average molecular weight is 531 g/mol. The van der Waals surface area contributed by atoms with E-state index in [2.05, 4.69) is 10.3 Å². The fourth-order valence-electron chi connectivity index (χ4n) is 5.09. The number of aromatic nitrogens is 1. The lowest BCUT2D eigenvalue weighted by Gasteiger charge is -2.34. The number of thiazole rings is 1. The van der Waals surface area contributed by atoms with Crippen molar-refractivity contribution in [2.45, 2.75) is 36.9 Å². The van der Waals surface area contributed by atoms with Gasteiger partial charge in [0.25, 0.3) is 0 Å². The maximum absolute atomic E-state index is 13.9. The number of hydrogen-bond donors (Lipinski definition) is 2. The molecule has 0 bridgehead atoms. The molecule has 0 unspecified atom stereocenters. The summed E-state index contributed by atoms with van der Waals surface area (Å²) in [6.45, 7) is 0. The minimum atomic E-state index is -4.52. The lowest BCUT2D eigenvalue weighted by atomic mass is 9.76. The van der Waals surface area contributed by atoms with Gasteiger partial charge >= 0.3 is 12.1 Å². The highest BCUT2D eigenvalue weighted by Crippen LogP contribution is 2.41. The second kappa shape index (κ2) is 9.41. The summed E-state index contributed by atoms with van der Waals surface area (Å²) in [4.78, 5) is 30.0. The Morgan fingerprint density at radius 2 is 1.78 bits per heavy atom. The quantitative estimate of drug-likeness (QED) is 0.278. The normalized spacial score (nSPS) is 25.5. The van der Waals surface area contributed by atoms with Crippen molar-refractivity contribution in [1.29, 1.82) is 0 Å². The zero-order chi connectivity index (χ0) is 26.4. The van der Waals surface area contributed by atoms with Crippen LogP contribution in [0.25, 0.3) is 10.2 Å². The lowest BCUT2D eigenvalue weighted by Crippen LogP contribution is -2.48. The number of rotatable bonds is 6. The molecule has 0 radical (unpaired) electrons. The molecule has 2 aliphatic carbocycles. The molecule has 192 valence electrons. The number of halogens is 4. The Labute approximate surface area is 213 Å². The fourth-order valence-corrected chi connectivity index (χ4v) is 6.00. The van der Waals surface area contributed by atoms with E-state index in [-0.39, 0.29) is 22.3 Å². The van der Waals surface area contributed by atoms with Crippen LogP contribution < -0.4 is 5.32 Å². The third-order valence-corrected chi connectivity index (χ3v) is 7.92. The molecule has 0 amide bonds. The lowest BCUT2D eigenvalue weighted by molar-refractivity contribution is -0.146. The first-order chi connectivity index (χ1) is 17.6. The summed E-state index contributed by atoms with van der Waals surface area (Å²) < 4.78 is 53.8. The number of carbonyl (C=O) groups is 2. The minimum Gasteiger partial charge on any atom is -0.481 e. The SMILES string of the molecule is O=C(O)[C@@H]1CCC[C@H]1C(=O)C1(Nc2nc3cc(C(F)(F)F)ccc3s2)C=CC(c2cccc(F)c2)C=C1. The number of aliphatic carboxylic acids is 1. The highest BCUT2D eigenvalue weighted by Gasteiger charge is 2.46. The Bertz CT molecular complexity index is 1410. The number of carboxylic acid groups (broad SMARTS) is 1. The summed E-state index contributed by atoms with van der Waals surface area (Å²) in [5.41, 5.74) is -1.46. The summed E-state index contributed by atoms with van der Waals surface area (Å²) in [5.74, 6) is -3.66. The topological polar surface area (TPSA) is 79.3 Å². The van der Waals surface area contributed by atoms with Crippen molar-refractivity contribution in [2.75, 3.05) is 5.32 Å². The van der Waals surface area contributed by atoms with Gasteiger partial charge in [-0.15, -0.1) is 0 Å². The van der Waals surface area contributed by atoms with Gasteiger partial charge in [0, 0.05) is 11.8 Å². The van der Waals surface area contributed by atoms with Crippen LogP contribution >= 0.6 is 11.3 Å². The Kier molecular flexibility index (Phi) is 6.39. The van der Waals surface area contributed by atoms with Crippen molar-refractivity contribution in [3.05, 3.63) is 83.7 Å². The minimum absolute atomic E-state index is 0.135. The maximum Gasteiger partial charge on any atom is 0.416 e. The summed E-state index contributed by atoms with van der Waals surface area (Å²) in [6, 6.07) is 9.33. The van der Waals surface area contributed by atoms with Crippen molar-refractivity contribution in [3.63, 3.8) is 0 Å². The molecule has 3 aromatic rings. The number of fused-ring (bicyclic) bond motifs is 1. The first-order valence-corrected chi connectivity index (χ1v) is 12.5. The largest absolute Gasteiger partial charge is 0.481 e. The van der Waals surface area contributed by atoms with Crippen LogP contribution in [0.2, 0.25) is 0 Å². The first kappa shape index (κ1) is 25.1. The Morgan fingerprint density at radius 3 is 2.46 bits per heavy atom. The predicted octanol–water partition coefficient (Wildman–Crippen LogP) is 6.58. The second-order valence-electron chi connectivity index (χ2n) is 9.34.